The van der Waals surface area contributed by atoms with Crippen LogP contribution in [0.5, 0.6) is 5.75 Å². The molecule has 1 aromatic carbocycles. The number of esters is 1. The average molecular weight is 475 g/mol. The van der Waals surface area contributed by atoms with Crippen molar-refractivity contribution < 1.29 is 14.3 Å². The molecular formula is C31H54O3. The van der Waals surface area contributed by atoms with Crippen molar-refractivity contribution in [3.63, 3.8) is 0 Å². The number of carbonyl (C=O) groups is 1. The van der Waals surface area contributed by atoms with Gasteiger partial charge in [0.2, 0.25) is 0 Å². The van der Waals surface area contributed by atoms with Crippen LogP contribution in [0.25, 0.3) is 0 Å². The molecule has 0 atom stereocenters. The quantitative estimate of drug-likeness (QED) is 0.117. The van der Waals surface area contributed by atoms with Crippen LogP contribution in [0, 0.1) is 5.92 Å². The molecule has 196 valence electrons. The first kappa shape index (κ1) is 30.5. The second-order valence-electron chi connectivity index (χ2n) is 10.1. The third-order valence-corrected chi connectivity index (χ3v) is 6.94. The monoisotopic (exact) mass is 474 g/mol. The summed E-state index contributed by atoms with van der Waals surface area (Å²) in [5.74, 6) is 1.12. The van der Waals surface area contributed by atoms with E-state index in [1.54, 1.807) is 7.11 Å². The first-order valence-electron chi connectivity index (χ1n) is 14.5. The summed E-state index contributed by atoms with van der Waals surface area (Å²) in [6, 6.07) is 7.71. The van der Waals surface area contributed by atoms with E-state index in [0.717, 1.165) is 11.3 Å². The van der Waals surface area contributed by atoms with Gasteiger partial charge in [-0.05, 0) is 24.8 Å². The van der Waals surface area contributed by atoms with Crippen LogP contribution < -0.4 is 4.74 Å². The van der Waals surface area contributed by atoms with Crippen LogP contribution in [0.2, 0.25) is 0 Å². The van der Waals surface area contributed by atoms with Crippen molar-refractivity contribution >= 4 is 5.97 Å². The summed E-state index contributed by atoms with van der Waals surface area (Å²) in [6.07, 6.45) is 24.2. The maximum Gasteiger partial charge on any atom is 0.310 e. The maximum atomic E-state index is 12.5. The standard InChI is InChI=1S/C31H54O3/c1-4-6-8-10-12-14-16-18-22-28(23-19-17-15-13-11-9-7-5-2)27-34-31(32)26-29-24-20-21-25-30(29)33-3/h20-21,24-25,28H,4-19,22-23,26-27H2,1-3H3. The summed E-state index contributed by atoms with van der Waals surface area (Å²) in [4.78, 5) is 12.5. The molecule has 3 nitrogen and oxygen atoms in total. The fourth-order valence-electron chi connectivity index (χ4n) is 4.71. The molecule has 0 bridgehead atoms. The molecule has 0 aliphatic rings. The van der Waals surface area contributed by atoms with Crippen LogP contribution >= 0.6 is 0 Å². The Morgan fingerprint density at radius 1 is 0.706 bits per heavy atom. The van der Waals surface area contributed by atoms with E-state index in [9.17, 15) is 4.79 Å². The molecule has 1 aromatic rings. The Morgan fingerprint density at radius 3 is 1.68 bits per heavy atom. The lowest BCUT2D eigenvalue weighted by molar-refractivity contribution is -0.144. The highest BCUT2D eigenvalue weighted by atomic mass is 16.5. The van der Waals surface area contributed by atoms with Crippen molar-refractivity contribution in [3.05, 3.63) is 29.8 Å². The summed E-state index contributed by atoms with van der Waals surface area (Å²) in [7, 11) is 1.65. The zero-order valence-corrected chi connectivity index (χ0v) is 22.8. The predicted molar refractivity (Wildman–Crippen MR) is 146 cm³/mol. The normalized spacial score (nSPS) is 11.2. The lowest BCUT2D eigenvalue weighted by Crippen LogP contribution is -2.16. The summed E-state index contributed by atoms with van der Waals surface area (Å²) >= 11 is 0. The molecule has 1 rings (SSSR count). The molecule has 0 amide bonds. The Labute approximate surface area is 211 Å². The van der Waals surface area contributed by atoms with Gasteiger partial charge in [0, 0.05) is 5.56 Å². The van der Waals surface area contributed by atoms with Crippen molar-refractivity contribution in [2.45, 2.75) is 136 Å². The predicted octanol–water partition coefficient (Wildman–Crippen LogP) is 9.46. The van der Waals surface area contributed by atoms with Gasteiger partial charge in [0.05, 0.1) is 20.1 Å². The second-order valence-corrected chi connectivity index (χ2v) is 10.1. The van der Waals surface area contributed by atoms with Crippen molar-refractivity contribution in [1.29, 1.82) is 0 Å². The molecule has 0 unspecified atom stereocenters. The molecule has 0 radical (unpaired) electrons. The lowest BCUT2D eigenvalue weighted by Gasteiger charge is -2.17. The number of rotatable bonds is 23. The van der Waals surface area contributed by atoms with Crippen LogP contribution in [-0.4, -0.2) is 19.7 Å². The van der Waals surface area contributed by atoms with Crippen molar-refractivity contribution in [2.24, 2.45) is 5.92 Å². The Bertz CT molecular complexity index is 578. The van der Waals surface area contributed by atoms with E-state index in [1.807, 2.05) is 24.3 Å². The van der Waals surface area contributed by atoms with Crippen LogP contribution in [0.3, 0.4) is 0 Å². The Kier molecular flexibility index (Phi) is 19.7. The number of hydrogen-bond donors (Lipinski definition) is 0. The topological polar surface area (TPSA) is 35.5 Å². The number of carbonyl (C=O) groups excluding carboxylic acids is 1. The van der Waals surface area contributed by atoms with Crippen LogP contribution in [0.4, 0.5) is 0 Å². The third kappa shape index (κ3) is 16.2. The highest BCUT2D eigenvalue weighted by molar-refractivity contribution is 5.73. The van der Waals surface area contributed by atoms with Gasteiger partial charge in [0.25, 0.3) is 0 Å². The molecule has 0 spiro atoms. The Hall–Kier alpha value is -1.51. The summed E-state index contributed by atoms with van der Waals surface area (Å²) in [5.41, 5.74) is 0.901. The number of unbranched alkanes of at least 4 members (excludes halogenated alkanes) is 14. The van der Waals surface area contributed by atoms with Gasteiger partial charge >= 0.3 is 5.97 Å². The lowest BCUT2D eigenvalue weighted by atomic mass is 9.94. The number of methoxy groups -OCH3 is 1. The summed E-state index contributed by atoms with van der Waals surface area (Å²) in [5, 5.41) is 0. The zero-order valence-electron chi connectivity index (χ0n) is 22.8. The number of ether oxygens (including phenoxy) is 2. The van der Waals surface area contributed by atoms with Gasteiger partial charge in [-0.25, -0.2) is 0 Å². The average Bonchev–Trinajstić information content (AvgIpc) is 2.85. The van der Waals surface area contributed by atoms with Crippen molar-refractivity contribution in [2.75, 3.05) is 13.7 Å². The molecule has 0 N–H and O–H groups in total. The minimum absolute atomic E-state index is 0.138. The van der Waals surface area contributed by atoms with Crippen molar-refractivity contribution in [1.82, 2.24) is 0 Å². The minimum Gasteiger partial charge on any atom is -0.496 e. The first-order valence-corrected chi connectivity index (χ1v) is 14.5. The van der Waals surface area contributed by atoms with E-state index < -0.39 is 0 Å². The molecular weight excluding hydrogens is 420 g/mol. The van der Waals surface area contributed by atoms with Gasteiger partial charge in [0.15, 0.2) is 0 Å². The first-order chi connectivity index (χ1) is 16.7. The second kappa shape index (κ2) is 22.0. The number of benzene rings is 1. The number of hydrogen-bond acceptors (Lipinski definition) is 3. The molecule has 0 aromatic heterocycles. The van der Waals surface area contributed by atoms with Crippen LogP contribution in [0.15, 0.2) is 24.3 Å². The van der Waals surface area contributed by atoms with E-state index in [-0.39, 0.29) is 12.4 Å². The van der Waals surface area contributed by atoms with Gasteiger partial charge in [-0.3, -0.25) is 4.79 Å². The van der Waals surface area contributed by atoms with Gasteiger partial charge < -0.3 is 9.47 Å². The van der Waals surface area contributed by atoms with Gasteiger partial charge in [-0.15, -0.1) is 0 Å². The molecule has 0 fully saturated rings. The van der Waals surface area contributed by atoms with Gasteiger partial charge in [0.1, 0.15) is 5.75 Å². The van der Waals surface area contributed by atoms with E-state index in [4.69, 9.17) is 9.47 Å². The van der Waals surface area contributed by atoms with E-state index in [1.165, 1.54) is 116 Å². The molecule has 0 aliphatic heterocycles. The van der Waals surface area contributed by atoms with Gasteiger partial charge in [-0.2, -0.15) is 0 Å². The van der Waals surface area contributed by atoms with E-state index in [2.05, 4.69) is 13.8 Å². The zero-order chi connectivity index (χ0) is 24.7. The fraction of sp³-hybridized carbons (Fsp3) is 0.774. The van der Waals surface area contributed by atoms with Crippen molar-refractivity contribution in [3.8, 4) is 5.75 Å². The maximum absolute atomic E-state index is 12.5. The summed E-state index contributed by atoms with van der Waals surface area (Å²) < 4.78 is 11.1. The Balaban J connectivity index is 2.34. The molecule has 34 heavy (non-hydrogen) atoms. The number of para-hydroxylation sites is 1. The Morgan fingerprint density at radius 2 is 1.18 bits per heavy atom. The largest absolute Gasteiger partial charge is 0.496 e. The highest BCUT2D eigenvalue weighted by Crippen LogP contribution is 2.22. The van der Waals surface area contributed by atoms with Gasteiger partial charge in [-0.1, -0.05) is 135 Å². The molecule has 0 saturated carbocycles. The SMILES string of the molecule is CCCCCCCCCCC(CCCCCCCCCC)COC(=O)Cc1ccccc1OC. The van der Waals surface area contributed by atoms with E-state index >= 15 is 0 Å². The van der Waals surface area contributed by atoms with E-state index in [0.29, 0.717) is 12.5 Å². The highest BCUT2D eigenvalue weighted by Gasteiger charge is 2.14. The molecule has 0 aliphatic carbocycles. The van der Waals surface area contributed by atoms with Crippen LogP contribution in [-0.2, 0) is 16.0 Å². The fourth-order valence-corrected chi connectivity index (χ4v) is 4.71. The molecule has 3 heteroatoms. The summed E-state index contributed by atoms with van der Waals surface area (Å²) in [6.45, 7) is 5.12. The molecule has 0 saturated heterocycles. The molecule has 0 heterocycles. The third-order valence-electron chi connectivity index (χ3n) is 6.94. The van der Waals surface area contributed by atoms with Crippen LogP contribution in [0.1, 0.15) is 135 Å². The smallest absolute Gasteiger partial charge is 0.310 e. The minimum atomic E-state index is -0.138.